The Morgan fingerprint density at radius 2 is 1.96 bits per heavy atom. The highest BCUT2D eigenvalue weighted by Crippen LogP contribution is 2.19. The van der Waals surface area contributed by atoms with Gasteiger partial charge in [-0.05, 0) is 48.1 Å². The first kappa shape index (κ1) is 18.2. The third-order valence-electron chi connectivity index (χ3n) is 4.11. The maximum absolute atomic E-state index is 13.9. The second-order valence-corrected chi connectivity index (χ2v) is 6.15. The van der Waals surface area contributed by atoms with Crippen molar-refractivity contribution in [3.05, 3.63) is 86.8 Å². The van der Waals surface area contributed by atoms with E-state index in [-0.39, 0.29) is 18.1 Å². The number of carbonyl (C=O) groups is 1. The Kier molecular flexibility index (Phi) is 4.98. The van der Waals surface area contributed by atoms with Gasteiger partial charge in [0.2, 0.25) is 0 Å². The average molecular weight is 368 g/mol. The smallest absolute Gasteiger partial charge is 0.358 e. The number of aryl methyl sites for hydroxylation is 2. The number of nitrogens with zero attached hydrogens (tertiary/aromatic N) is 3. The molecule has 1 heterocycles. The second-order valence-electron chi connectivity index (χ2n) is 6.15. The molecule has 0 fully saturated rings. The molecule has 2 aromatic carbocycles. The van der Waals surface area contributed by atoms with Gasteiger partial charge in [0.1, 0.15) is 5.82 Å². The minimum atomic E-state index is -0.567. The molecule has 0 aliphatic heterocycles. The summed E-state index contributed by atoms with van der Waals surface area (Å²) in [6.45, 7) is 3.68. The fraction of sp³-hybridized carbons (Fsp3) is 0.158. The fourth-order valence-electron chi connectivity index (χ4n) is 2.71. The first-order valence-electron chi connectivity index (χ1n) is 8.19. The first-order chi connectivity index (χ1) is 12.8. The summed E-state index contributed by atoms with van der Waals surface area (Å²) in [5.41, 5.74) is 2.47. The summed E-state index contributed by atoms with van der Waals surface area (Å²) >= 11 is 0. The predicted molar refractivity (Wildman–Crippen MR) is 98.3 cm³/mol. The first-order valence-corrected chi connectivity index (χ1v) is 8.19. The molecule has 0 saturated heterocycles. The van der Waals surface area contributed by atoms with Crippen LogP contribution in [0.5, 0.6) is 0 Å². The van der Waals surface area contributed by atoms with Gasteiger partial charge in [-0.3, -0.25) is 4.79 Å². The number of nitro groups is 1. The van der Waals surface area contributed by atoms with Crippen molar-refractivity contribution in [3.63, 3.8) is 0 Å². The number of aromatic nitrogens is 2. The van der Waals surface area contributed by atoms with Crippen molar-refractivity contribution in [3.8, 4) is 0 Å². The Bertz CT molecular complexity index is 1030. The lowest BCUT2D eigenvalue weighted by molar-refractivity contribution is -0.389. The van der Waals surface area contributed by atoms with Gasteiger partial charge in [-0.1, -0.05) is 24.3 Å². The molecule has 0 unspecified atom stereocenters. The number of nitrogens with one attached hydrogen (secondary N) is 1. The molecule has 0 radical (unpaired) electrons. The molecule has 8 heteroatoms. The van der Waals surface area contributed by atoms with Crippen molar-refractivity contribution >= 4 is 17.4 Å². The standard InChI is InChI=1S/C19H17FN4O3/c1-12-7-8-16(20)17(9-12)21-19(25)15-6-4-3-5-14(15)11-23-13(2)10-18(22-23)24(26)27/h3-10H,11H2,1-2H3,(H,21,25). The van der Waals surface area contributed by atoms with E-state index in [2.05, 4.69) is 10.4 Å². The van der Waals surface area contributed by atoms with Crippen LogP contribution in [-0.4, -0.2) is 20.6 Å². The highest BCUT2D eigenvalue weighted by molar-refractivity contribution is 6.05. The molecule has 3 aromatic rings. The van der Waals surface area contributed by atoms with Crippen molar-refractivity contribution in [1.29, 1.82) is 0 Å². The molecule has 27 heavy (non-hydrogen) atoms. The van der Waals surface area contributed by atoms with Gasteiger partial charge in [-0.2, -0.15) is 4.68 Å². The Balaban J connectivity index is 1.88. The molecule has 0 atom stereocenters. The van der Waals surface area contributed by atoms with Crippen LogP contribution in [0, 0.1) is 29.8 Å². The molecule has 1 aromatic heterocycles. The van der Waals surface area contributed by atoms with Crippen LogP contribution in [0.4, 0.5) is 15.9 Å². The van der Waals surface area contributed by atoms with Crippen molar-refractivity contribution in [2.75, 3.05) is 5.32 Å². The van der Waals surface area contributed by atoms with Gasteiger partial charge < -0.3 is 15.4 Å². The zero-order valence-electron chi connectivity index (χ0n) is 14.8. The summed E-state index contributed by atoms with van der Waals surface area (Å²) in [4.78, 5) is 23.0. The SMILES string of the molecule is Cc1ccc(F)c(NC(=O)c2ccccc2Cn2nc([N+](=O)[O-])cc2C)c1. The minimum Gasteiger partial charge on any atom is -0.358 e. The molecular formula is C19H17FN4O3. The molecule has 1 N–H and O–H groups in total. The molecular weight excluding hydrogens is 351 g/mol. The molecule has 0 aliphatic rings. The highest BCUT2D eigenvalue weighted by atomic mass is 19.1. The van der Waals surface area contributed by atoms with Crippen LogP contribution in [-0.2, 0) is 6.54 Å². The maximum atomic E-state index is 13.9. The van der Waals surface area contributed by atoms with Gasteiger partial charge in [-0.15, -0.1) is 0 Å². The van der Waals surface area contributed by atoms with Crippen LogP contribution in [0.1, 0.15) is 27.2 Å². The van der Waals surface area contributed by atoms with Gasteiger partial charge in [0.05, 0.1) is 29.1 Å². The lowest BCUT2D eigenvalue weighted by Crippen LogP contribution is -2.17. The molecule has 3 rings (SSSR count). The van der Waals surface area contributed by atoms with Gasteiger partial charge in [-0.25, -0.2) is 4.39 Å². The van der Waals surface area contributed by atoms with E-state index in [4.69, 9.17) is 0 Å². The van der Waals surface area contributed by atoms with E-state index in [1.165, 1.54) is 16.8 Å². The Morgan fingerprint density at radius 1 is 1.22 bits per heavy atom. The van der Waals surface area contributed by atoms with Crippen LogP contribution in [0.25, 0.3) is 0 Å². The van der Waals surface area contributed by atoms with E-state index in [1.54, 1.807) is 50.2 Å². The van der Waals surface area contributed by atoms with Crippen molar-refractivity contribution in [2.24, 2.45) is 0 Å². The summed E-state index contributed by atoms with van der Waals surface area (Å²) in [5.74, 6) is -1.24. The number of anilines is 1. The third-order valence-corrected chi connectivity index (χ3v) is 4.11. The van der Waals surface area contributed by atoms with E-state index in [0.717, 1.165) is 5.56 Å². The van der Waals surface area contributed by atoms with Gasteiger partial charge in [0, 0.05) is 5.56 Å². The molecule has 0 spiro atoms. The van der Waals surface area contributed by atoms with Gasteiger partial charge in [0.25, 0.3) is 5.91 Å². The normalized spacial score (nSPS) is 10.6. The van der Waals surface area contributed by atoms with E-state index in [0.29, 0.717) is 16.8 Å². The highest BCUT2D eigenvalue weighted by Gasteiger charge is 2.19. The monoisotopic (exact) mass is 368 g/mol. The van der Waals surface area contributed by atoms with E-state index in [9.17, 15) is 19.3 Å². The average Bonchev–Trinajstić information content (AvgIpc) is 2.99. The van der Waals surface area contributed by atoms with Crippen LogP contribution >= 0.6 is 0 Å². The summed E-state index contributed by atoms with van der Waals surface area (Å²) in [6, 6.07) is 12.6. The van der Waals surface area contributed by atoms with Gasteiger partial charge in [0.15, 0.2) is 0 Å². The van der Waals surface area contributed by atoms with Crippen LogP contribution in [0.2, 0.25) is 0 Å². The lowest BCUT2D eigenvalue weighted by atomic mass is 10.1. The third kappa shape index (κ3) is 4.00. The van der Waals surface area contributed by atoms with Crippen LogP contribution < -0.4 is 5.32 Å². The Morgan fingerprint density at radius 3 is 2.67 bits per heavy atom. The summed E-state index contributed by atoms with van der Waals surface area (Å²) in [5, 5.41) is 17.4. The number of halogens is 1. The number of hydrogen-bond acceptors (Lipinski definition) is 4. The van der Waals surface area contributed by atoms with Gasteiger partial charge >= 0.3 is 5.82 Å². The number of amides is 1. The largest absolute Gasteiger partial charge is 0.390 e. The van der Waals surface area contributed by atoms with E-state index in [1.807, 2.05) is 0 Å². The maximum Gasteiger partial charge on any atom is 0.390 e. The Hall–Kier alpha value is -3.55. The second kappa shape index (κ2) is 7.36. The van der Waals surface area contributed by atoms with Crippen molar-refractivity contribution < 1.29 is 14.1 Å². The summed E-state index contributed by atoms with van der Waals surface area (Å²) in [7, 11) is 0. The predicted octanol–water partition coefficient (Wildman–Crippen LogP) is 3.85. The molecule has 0 aliphatic carbocycles. The minimum absolute atomic E-state index is 0.0979. The van der Waals surface area contributed by atoms with E-state index < -0.39 is 16.6 Å². The summed E-state index contributed by atoms with van der Waals surface area (Å²) in [6.07, 6.45) is 0. The zero-order chi connectivity index (χ0) is 19.6. The number of rotatable bonds is 5. The van der Waals surface area contributed by atoms with Crippen molar-refractivity contribution in [1.82, 2.24) is 9.78 Å². The number of hydrogen-bond donors (Lipinski definition) is 1. The molecule has 0 bridgehead atoms. The number of benzene rings is 2. The fourth-order valence-corrected chi connectivity index (χ4v) is 2.71. The summed E-state index contributed by atoms with van der Waals surface area (Å²) < 4.78 is 15.4. The van der Waals surface area contributed by atoms with E-state index >= 15 is 0 Å². The van der Waals surface area contributed by atoms with Crippen LogP contribution in [0.3, 0.4) is 0 Å². The molecule has 7 nitrogen and oxygen atoms in total. The molecule has 0 saturated carbocycles. The molecule has 1 amide bonds. The van der Waals surface area contributed by atoms with Crippen molar-refractivity contribution in [2.45, 2.75) is 20.4 Å². The van der Waals surface area contributed by atoms with Crippen LogP contribution in [0.15, 0.2) is 48.5 Å². The number of carbonyl (C=O) groups excluding carboxylic acids is 1. The molecule has 138 valence electrons. The topological polar surface area (TPSA) is 90.1 Å². The lowest BCUT2D eigenvalue weighted by Gasteiger charge is -2.11. The Labute approximate surface area is 154 Å². The zero-order valence-corrected chi connectivity index (χ0v) is 14.8. The quantitative estimate of drug-likeness (QED) is 0.547.